The fraction of sp³-hybridized carbons (Fsp3) is 0.938. The third-order valence-corrected chi connectivity index (χ3v) is 4.03. The second-order valence-electron chi connectivity index (χ2n) is 6.48. The van der Waals surface area contributed by atoms with E-state index in [4.69, 9.17) is 4.74 Å². The van der Waals surface area contributed by atoms with Crippen molar-refractivity contribution in [2.45, 2.75) is 64.5 Å². The molecule has 118 valence electrons. The molecule has 1 rings (SSSR count). The van der Waals surface area contributed by atoms with Gasteiger partial charge in [-0.25, -0.2) is 4.79 Å². The largest absolute Gasteiger partial charge is 0.468 e. The second kappa shape index (κ2) is 7.99. The van der Waals surface area contributed by atoms with E-state index in [1.165, 1.54) is 26.4 Å². The van der Waals surface area contributed by atoms with E-state index in [9.17, 15) is 4.79 Å². The van der Waals surface area contributed by atoms with Gasteiger partial charge in [-0.05, 0) is 52.6 Å². The van der Waals surface area contributed by atoms with Crippen molar-refractivity contribution in [3.05, 3.63) is 0 Å². The summed E-state index contributed by atoms with van der Waals surface area (Å²) < 4.78 is 5.12. The van der Waals surface area contributed by atoms with Crippen LogP contribution in [-0.2, 0) is 9.53 Å². The highest BCUT2D eigenvalue weighted by molar-refractivity contribution is 5.82. The first-order chi connectivity index (χ1) is 9.46. The summed E-state index contributed by atoms with van der Waals surface area (Å²) in [5.74, 6) is 0.321. The summed E-state index contributed by atoms with van der Waals surface area (Å²) in [5.41, 5.74) is -0.524. The minimum absolute atomic E-state index is 0.101. The molecule has 20 heavy (non-hydrogen) atoms. The predicted octanol–water partition coefficient (Wildman–Crippen LogP) is 2.43. The van der Waals surface area contributed by atoms with Gasteiger partial charge in [-0.15, -0.1) is 0 Å². The first-order valence-corrected chi connectivity index (χ1v) is 8.01. The van der Waals surface area contributed by atoms with E-state index >= 15 is 0 Å². The standard InChI is InChI=1S/C16H32N2O2/c1-6-7-8-11-18(4)12-16(14-9-10-14,15(19)20-5)17-13(2)3/h13-14,17H,6-12H2,1-5H3. The number of rotatable bonds is 10. The molecular formula is C16H32N2O2. The van der Waals surface area contributed by atoms with Crippen molar-refractivity contribution in [3.63, 3.8) is 0 Å². The Labute approximate surface area is 124 Å². The quantitative estimate of drug-likeness (QED) is 0.494. The zero-order chi connectivity index (χ0) is 15.2. The summed E-state index contributed by atoms with van der Waals surface area (Å²) in [6.45, 7) is 8.18. The zero-order valence-corrected chi connectivity index (χ0v) is 13.9. The first kappa shape index (κ1) is 17.4. The predicted molar refractivity (Wildman–Crippen MR) is 82.8 cm³/mol. The number of carbonyl (C=O) groups excluding carboxylic acids is 1. The Morgan fingerprint density at radius 3 is 2.50 bits per heavy atom. The number of esters is 1. The molecule has 0 bridgehead atoms. The number of unbranched alkanes of at least 4 members (excludes halogenated alkanes) is 2. The molecule has 0 saturated heterocycles. The van der Waals surface area contributed by atoms with Crippen LogP contribution in [0.3, 0.4) is 0 Å². The van der Waals surface area contributed by atoms with Crippen LogP contribution in [0.25, 0.3) is 0 Å². The van der Waals surface area contributed by atoms with Crippen molar-refractivity contribution in [1.29, 1.82) is 0 Å². The molecule has 0 aromatic carbocycles. The summed E-state index contributed by atoms with van der Waals surface area (Å²) in [6.07, 6.45) is 5.91. The molecule has 0 radical (unpaired) electrons. The smallest absolute Gasteiger partial charge is 0.327 e. The molecule has 0 spiro atoms. The lowest BCUT2D eigenvalue weighted by molar-refractivity contribution is -0.151. The summed E-state index contributed by atoms with van der Waals surface area (Å²) in [7, 11) is 3.61. The normalized spacial score (nSPS) is 18.4. The van der Waals surface area contributed by atoms with Crippen LogP contribution in [0.5, 0.6) is 0 Å². The van der Waals surface area contributed by atoms with Crippen LogP contribution >= 0.6 is 0 Å². The Hall–Kier alpha value is -0.610. The van der Waals surface area contributed by atoms with Gasteiger partial charge in [-0.2, -0.15) is 0 Å². The minimum Gasteiger partial charge on any atom is -0.468 e. The molecule has 1 aliphatic rings. The lowest BCUT2D eigenvalue weighted by Crippen LogP contribution is -2.62. The average Bonchev–Trinajstić information content (AvgIpc) is 3.21. The van der Waals surface area contributed by atoms with Gasteiger partial charge in [0.25, 0.3) is 0 Å². The molecule has 1 saturated carbocycles. The molecule has 1 atom stereocenters. The number of likely N-dealkylation sites (N-methyl/N-ethyl adjacent to an activating group) is 1. The monoisotopic (exact) mass is 284 g/mol. The Kier molecular flexibility index (Phi) is 6.96. The fourth-order valence-corrected chi connectivity index (χ4v) is 2.99. The van der Waals surface area contributed by atoms with Crippen LogP contribution in [0.2, 0.25) is 0 Å². The van der Waals surface area contributed by atoms with Gasteiger partial charge in [0.05, 0.1) is 7.11 Å². The van der Waals surface area contributed by atoms with Crippen molar-refractivity contribution >= 4 is 5.97 Å². The Morgan fingerprint density at radius 1 is 1.40 bits per heavy atom. The topological polar surface area (TPSA) is 41.6 Å². The van der Waals surface area contributed by atoms with Crippen LogP contribution in [0.4, 0.5) is 0 Å². The van der Waals surface area contributed by atoms with E-state index in [0.29, 0.717) is 5.92 Å². The third-order valence-electron chi connectivity index (χ3n) is 4.03. The maximum absolute atomic E-state index is 12.4. The number of ether oxygens (including phenoxy) is 1. The highest BCUT2D eigenvalue weighted by Gasteiger charge is 2.52. The van der Waals surface area contributed by atoms with E-state index in [1.54, 1.807) is 0 Å². The molecule has 4 nitrogen and oxygen atoms in total. The van der Waals surface area contributed by atoms with Crippen molar-refractivity contribution in [3.8, 4) is 0 Å². The highest BCUT2D eigenvalue weighted by Crippen LogP contribution is 2.41. The lowest BCUT2D eigenvalue weighted by Gasteiger charge is -2.37. The zero-order valence-electron chi connectivity index (χ0n) is 13.9. The Morgan fingerprint density at radius 2 is 2.05 bits per heavy atom. The number of methoxy groups -OCH3 is 1. The Bertz CT molecular complexity index is 303. The first-order valence-electron chi connectivity index (χ1n) is 8.01. The molecule has 0 aromatic heterocycles. The van der Waals surface area contributed by atoms with Crippen molar-refractivity contribution in [1.82, 2.24) is 10.2 Å². The van der Waals surface area contributed by atoms with Crippen LogP contribution in [0.1, 0.15) is 52.9 Å². The van der Waals surface area contributed by atoms with Gasteiger partial charge >= 0.3 is 5.97 Å². The molecule has 0 aromatic rings. The summed E-state index contributed by atoms with van der Waals surface area (Å²) >= 11 is 0. The molecule has 0 amide bonds. The number of hydrogen-bond acceptors (Lipinski definition) is 4. The summed E-state index contributed by atoms with van der Waals surface area (Å²) in [5, 5.41) is 3.51. The van der Waals surface area contributed by atoms with Gasteiger partial charge in [-0.3, -0.25) is 5.32 Å². The molecule has 1 N–H and O–H groups in total. The molecule has 0 aliphatic heterocycles. The molecule has 1 unspecified atom stereocenters. The number of nitrogens with one attached hydrogen (secondary N) is 1. The highest BCUT2D eigenvalue weighted by atomic mass is 16.5. The summed E-state index contributed by atoms with van der Waals surface area (Å²) in [4.78, 5) is 14.7. The van der Waals surface area contributed by atoms with Gasteiger partial charge in [0.15, 0.2) is 0 Å². The van der Waals surface area contributed by atoms with E-state index in [-0.39, 0.29) is 12.0 Å². The maximum atomic E-state index is 12.4. The van der Waals surface area contributed by atoms with Crippen LogP contribution < -0.4 is 5.32 Å². The minimum atomic E-state index is -0.524. The van der Waals surface area contributed by atoms with Crippen molar-refractivity contribution in [2.24, 2.45) is 5.92 Å². The number of nitrogens with zero attached hydrogens (tertiary/aromatic N) is 1. The summed E-state index contributed by atoms with van der Waals surface area (Å²) in [6, 6.07) is 0.277. The van der Waals surface area contributed by atoms with Gasteiger partial charge in [-0.1, -0.05) is 19.8 Å². The van der Waals surface area contributed by atoms with E-state index in [2.05, 4.69) is 38.0 Å². The van der Waals surface area contributed by atoms with E-state index < -0.39 is 5.54 Å². The van der Waals surface area contributed by atoms with Gasteiger partial charge < -0.3 is 9.64 Å². The van der Waals surface area contributed by atoms with Crippen molar-refractivity contribution in [2.75, 3.05) is 27.2 Å². The molecule has 1 fully saturated rings. The van der Waals surface area contributed by atoms with E-state index in [1.807, 2.05) is 0 Å². The second-order valence-corrected chi connectivity index (χ2v) is 6.48. The molecule has 0 heterocycles. The van der Waals surface area contributed by atoms with Crippen LogP contribution in [-0.4, -0.2) is 49.7 Å². The average molecular weight is 284 g/mol. The maximum Gasteiger partial charge on any atom is 0.327 e. The fourth-order valence-electron chi connectivity index (χ4n) is 2.99. The van der Waals surface area contributed by atoms with Crippen molar-refractivity contribution < 1.29 is 9.53 Å². The number of carbonyl (C=O) groups is 1. The van der Waals surface area contributed by atoms with Gasteiger partial charge in [0, 0.05) is 12.6 Å². The Balaban J connectivity index is 2.72. The van der Waals surface area contributed by atoms with Crippen LogP contribution in [0.15, 0.2) is 0 Å². The SMILES string of the molecule is CCCCCN(C)CC(NC(C)C)(C(=O)OC)C1CC1. The molecular weight excluding hydrogens is 252 g/mol. The molecule has 1 aliphatic carbocycles. The third kappa shape index (κ3) is 4.74. The van der Waals surface area contributed by atoms with Gasteiger partial charge in [0.1, 0.15) is 5.54 Å². The number of hydrogen-bond donors (Lipinski definition) is 1. The van der Waals surface area contributed by atoms with Gasteiger partial charge in [0.2, 0.25) is 0 Å². The van der Waals surface area contributed by atoms with E-state index in [0.717, 1.165) is 25.9 Å². The van der Waals surface area contributed by atoms with Crippen LogP contribution in [0, 0.1) is 5.92 Å². The molecule has 4 heteroatoms. The lowest BCUT2D eigenvalue weighted by atomic mass is 9.91.